The number of aryl methyl sites for hydroxylation is 1. The summed E-state index contributed by atoms with van der Waals surface area (Å²) in [6, 6.07) is 3.85. The van der Waals surface area contributed by atoms with Gasteiger partial charge in [-0.25, -0.2) is 14.8 Å². The summed E-state index contributed by atoms with van der Waals surface area (Å²) in [5.74, 6) is 0.147. The molecule has 0 aliphatic rings. The van der Waals surface area contributed by atoms with Crippen molar-refractivity contribution in [1.82, 2.24) is 9.97 Å². The monoisotopic (exact) mass is 277 g/mol. The molecule has 6 heteroatoms. The van der Waals surface area contributed by atoms with E-state index in [-0.39, 0.29) is 5.82 Å². The predicted octanol–water partition coefficient (Wildman–Crippen LogP) is 2.50. The SMILES string of the molecule is CCc1ccsc1CNc1ccnc(C(=O)OC)n1. The van der Waals surface area contributed by atoms with Crippen LogP contribution in [0, 0.1) is 0 Å². The number of hydrogen-bond donors (Lipinski definition) is 1. The molecule has 0 aliphatic heterocycles. The highest BCUT2D eigenvalue weighted by molar-refractivity contribution is 7.10. The number of carbonyl (C=O) groups excluding carboxylic acids is 1. The third kappa shape index (κ3) is 3.29. The predicted molar refractivity (Wildman–Crippen MR) is 74.4 cm³/mol. The van der Waals surface area contributed by atoms with Crippen molar-refractivity contribution >= 4 is 23.1 Å². The Morgan fingerprint density at radius 3 is 3.05 bits per heavy atom. The number of esters is 1. The van der Waals surface area contributed by atoms with E-state index in [9.17, 15) is 4.79 Å². The fourth-order valence-electron chi connectivity index (χ4n) is 1.65. The van der Waals surface area contributed by atoms with E-state index in [1.165, 1.54) is 23.7 Å². The topological polar surface area (TPSA) is 64.1 Å². The minimum atomic E-state index is -0.533. The van der Waals surface area contributed by atoms with Crippen LogP contribution >= 0.6 is 11.3 Å². The molecule has 0 radical (unpaired) electrons. The first-order chi connectivity index (χ1) is 9.24. The third-order valence-corrected chi connectivity index (χ3v) is 3.64. The summed E-state index contributed by atoms with van der Waals surface area (Å²) in [6.45, 7) is 2.82. The van der Waals surface area contributed by atoms with Crippen LogP contribution in [0.1, 0.15) is 28.0 Å². The lowest BCUT2D eigenvalue weighted by Crippen LogP contribution is -2.09. The standard InChI is InChI=1S/C13H15N3O2S/c1-3-9-5-7-19-10(9)8-15-11-4-6-14-12(16-11)13(17)18-2/h4-7H,3,8H2,1-2H3,(H,14,15,16). The lowest BCUT2D eigenvalue weighted by atomic mass is 10.2. The summed E-state index contributed by atoms with van der Waals surface area (Å²) in [5.41, 5.74) is 1.33. The Morgan fingerprint density at radius 1 is 1.47 bits per heavy atom. The normalized spacial score (nSPS) is 10.2. The highest BCUT2D eigenvalue weighted by Crippen LogP contribution is 2.18. The Labute approximate surface area is 115 Å². The average Bonchev–Trinajstić information content (AvgIpc) is 2.92. The van der Waals surface area contributed by atoms with Gasteiger partial charge in [0.2, 0.25) is 5.82 Å². The van der Waals surface area contributed by atoms with E-state index in [0.717, 1.165) is 6.42 Å². The second-order valence-electron chi connectivity index (χ2n) is 3.83. The molecule has 19 heavy (non-hydrogen) atoms. The van der Waals surface area contributed by atoms with Gasteiger partial charge < -0.3 is 10.1 Å². The number of rotatable bonds is 5. The van der Waals surface area contributed by atoms with Crippen molar-refractivity contribution in [2.45, 2.75) is 19.9 Å². The van der Waals surface area contributed by atoms with E-state index in [2.05, 4.69) is 38.4 Å². The zero-order valence-electron chi connectivity index (χ0n) is 10.8. The van der Waals surface area contributed by atoms with Crippen molar-refractivity contribution in [3.05, 3.63) is 40.0 Å². The molecule has 1 N–H and O–H groups in total. The quantitative estimate of drug-likeness (QED) is 0.851. The second-order valence-corrected chi connectivity index (χ2v) is 4.83. The number of anilines is 1. The van der Waals surface area contributed by atoms with Gasteiger partial charge in [-0.15, -0.1) is 11.3 Å². The van der Waals surface area contributed by atoms with Crippen LogP contribution in [0.5, 0.6) is 0 Å². The Balaban J connectivity index is 2.05. The van der Waals surface area contributed by atoms with Gasteiger partial charge in [0.25, 0.3) is 0 Å². The van der Waals surface area contributed by atoms with E-state index in [1.54, 1.807) is 17.4 Å². The molecule has 2 heterocycles. The molecule has 0 aromatic carbocycles. The number of ether oxygens (including phenoxy) is 1. The number of thiophene rings is 1. The fourth-order valence-corrected chi connectivity index (χ4v) is 2.57. The molecule has 0 unspecified atom stereocenters. The minimum Gasteiger partial charge on any atom is -0.463 e. The number of nitrogens with one attached hydrogen (secondary N) is 1. The van der Waals surface area contributed by atoms with Crippen molar-refractivity contribution in [3.63, 3.8) is 0 Å². The molecular weight excluding hydrogens is 262 g/mol. The molecule has 0 fully saturated rings. The molecule has 0 amide bonds. The van der Waals surface area contributed by atoms with Crippen LogP contribution < -0.4 is 5.32 Å². The molecule has 2 aromatic heterocycles. The van der Waals surface area contributed by atoms with Crippen LogP contribution in [0.2, 0.25) is 0 Å². The first kappa shape index (κ1) is 13.5. The molecule has 0 saturated carbocycles. The first-order valence-electron chi connectivity index (χ1n) is 5.95. The van der Waals surface area contributed by atoms with Crippen LogP contribution in [0.15, 0.2) is 23.7 Å². The van der Waals surface area contributed by atoms with Crippen molar-refractivity contribution < 1.29 is 9.53 Å². The van der Waals surface area contributed by atoms with E-state index >= 15 is 0 Å². The fraction of sp³-hybridized carbons (Fsp3) is 0.308. The molecule has 0 bridgehead atoms. The van der Waals surface area contributed by atoms with Gasteiger partial charge in [-0.2, -0.15) is 0 Å². The Kier molecular flexibility index (Phi) is 4.46. The van der Waals surface area contributed by atoms with Gasteiger partial charge in [0, 0.05) is 11.1 Å². The molecular formula is C13H15N3O2S. The maximum atomic E-state index is 11.3. The summed E-state index contributed by atoms with van der Waals surface area (Å²) < 4.78 is 4.59. The van der Waals surface area contributed by atoms with Crippen LogP contribution in [-0.2, 0) is 17.7 Å². The van der Waals surface area contributed by atoms with E-state index in [0.29, 0.717) is 12.4 Å². The highest BCUT2D eigenvalue weighted by Gasteiger charge is 2.09. The number of carbonyl (C=O) groups is 1. The van der Waals surface area contributed by atoms with Crippen LogP contribution in [0.25, 0.3) is 0 Å². The van der Waals surface area contributed by atoms with Gasteiger partial charge in [-0.3, -0.25) is 0 Å². The largest absolute Gasteiger partial charge is 0.463 e. The Morgan fingerprint density at radius 2 is 2.32 bits per heavy atom. The third-order valence-electron chi connectivity index (χ3n) is 2.67. The van der Waals surface area contributed by atoms with Crippen molar-refractivity contribution in [3.8, 4) is 0 Å². The summed E-state index contributed by atoms with van der Waals surface area (Å²) in [5, 5.41) is 5.27. The van der Waals surface area contributed by atoms with Gasteiger partial charge in [-0.05, 0) is 29.5 Å². The van der Waals surface area contributed by atoms with Gasteiger partial charge in [0.15, 0.2) is 0 Å². The Hall–Kier alpha value is -1.95. The van der Waals surface area contributed by atoms with Crippen LogP contribution in [-0.4, -0.2) is 23.0 Å². The highest BCUT2D eigenvalue weighted by atomic mass is 32.1. The smallest absolute Gasteiger partial charge is 0.376 e. The summed E-state index contributed by atoms with van der Waals surface area (Å²) in [4.78, 5) is 20.6. The van der Waals surface area contributed by atoms with Crippen molar-refractivity contribution in [1.29, 1.82) is 0 Å². The second kappa shape index (κ2) is 6.29. The van der Waals surface area contributed by atoms with Gasteiger partial charge in [-0.1, -0.05) is 6.92 Å². The van der Waals surface area contributed by atoms with Crippen LogP contribution in [0.3, 0.4) is 0 Å². The van der Waals surface area contributed by atoms with E-state index in [4.69, 9.17) is 0 Å². The number of aromatic nitrogens is 2. The van der Waals surface area contributed by atoms with Crippen molar-refractivity contribution in [2.24, 2.45) is 0 Å². The molecule has 0 atom stereocenters. The molecule has 100 valence electrons. The van der Waals surface area contributed by atoms with Gasteiger partial charge in [0.05, 0.1) is 13.7 Å². The van der Waals surface area contributed by atoms with E-state index in [1.807, 2.05) is 0 Å². The molecule has 0 saturated heterocycles. The minimum absolute atomic E-state index is 0.0643. The first-order valence-corrected chi connectivity index (χ1v) is 6.83. The molecule has 5 nitrogen and oxygen atoms in total. The molecule has 2 aromatic rings. The van der Waals surface area contributed by atoms with E-state index < -0.39 is 5.97 Å². The maximum Gasteiger partial charge on any atom is 0.376 e. The zero-order chi connectivity index (χ0) is 13.7. The zero-order valence-corrected chi connectivity index (χ0v) is 11.7. The molecule has 0 spiro atoms. The van der Waals surface area contributed by atoms with Crippen molar-refractivity contribution in [2.75, 3.05) is 12.4 Å². The Bertz CT molecular complexity index is 569. The van der Waals surface area contributed by atoms with Gasteiger partial charge >= 0.3 is 5.97 Å². The maximum absolute atomic E-state index is 11.3. The number of methoxy groups -OCH3 is 1. The molecule has 2 rings (SSSR count). The average molecular weight is 277 g/mol. The summed E-state index contributed by atoms with van der Waals surface area (Å²) in [6.07, 6.45) is 2.55. The summed E-state index contributed by atoms with van der Waals surface area (Å²) >= 11 is 1.71. The van der Waals surface area contributed by atoms with Gasteiger partial charge in [0.1, 0.15) is 5.82 Å². The van der Waals surface area contributed by atoms with Crippen LogP contribution in [0.4, 0.5) is 5.82 Å². The lowest BCUT2D eigenvalue weighted by Gasteiger charge is -2.06. The summed E-state index contributed by atoms with van der Waals surface area (Å²) in [7, 11) is 1.31. The number of nitrogens with zero attached hydrogens (tertiary/aromatic N) is 2. The molecule has 0 aliphatic carbocycles. The number of hydrogen-bond acceptors (Lipinski definition) is 6. The lowest BCUT2D eigenvalue weighted by molar-refractivity contribution is 0.0587.